The predicted molar refractivity (Wildman–Crippen MR) is 73.3 cm³/mol. The molecule has 1 aliphatic rings. The van der Waals surface area contributed by atoms with Gasteiger partial charge in [-0.15, -0.1) is 0 Å². The van der Waals surface area contributed by atoms with Gasteiger partial charge in [0.05, 0.1) is 5.56 Å². The molecule has 0 bridgehead atoms. The second kappa shape index (κ2) is 5.42. The second-order valence-electron chi connectivity index (χ2n) is 5.29. The first-order valence-electron chi connectivity index (χ1n) is 6.63. The summed E-state index contributed by atoms with van der Waals surface area (Å²) in [5.74, 6) is 0.750. The maximum atomic E-state index is 11.3. The third-order valence-corrected chi connectivity index (χ3v) is 3.81. The lowest BCUT2D eigenvalue weighted by atomic mass is 10.1. The first kappa shape index (κ1) is 12.9. The number of carbonyl (C=O) groups excluding carboxylic acids is 1. The van der Waals surface area contributed by atoms with Gasteiger partial charge in [0.15, 0.2) is 5.78 Å². The van der Waals surface area contributed by atoms with Gasteiger partial charge in [-0.3, -0.25) is 4.79 Å². The van der Waals surface area contributed by atoms with E-state index in [2.05, 4.69) is 4.90 Å². The standard InChI is InChI=1S/C15H21NO2/c1-11(17)14-8-7-13(9-15(14)18)16(2)10-12-5-3-4-6-12/h7-9,12,18H,3-6,10H2,1-2H3. The fourth-order valence-electron chi connectivity index (χ4n) is 2.74. The molecule has 0 heterocycles. The smallest absolute Gasteiger partial charge is 0.163 e. The summed E-state index contributed by atoms with van der Waals surface area (Å²) in [6.07, 6.45) is 5.30. The average molecular weight is 247 g/mol. The highest BCUT2D eigenvalue weighted by atomic mass is 16.3. The van der Waals surface area contributed by atoms with Crippen molar-refractivity contribution >= 4 is 11.5 Å². The zero-order chi connectivity index (χ0) is 13.1. The summed E-state index contributed by atoms with van der Waals surface area (Å²) in [5.41, 5.74) is 1.37. The number of benzene rings is 1. The molecule has 0 aromatic heterocycles. The quantitative estimate of drug-likeness (QED) is 0.830. The van der Waals surface area contributed by atoms with Crippen LogP contribution in [0.3, 0.4) is 0 Å². The monoisotopic (exact) mass is 247 g/mol. The molecule has 0 unspecified atom stereocenters. The molecular formula is C15H21NO2. The highest BCUT2D eigenvalue weighted by molar-refractivity contribution is 5.97. The van der Waals surface area contributed by atoms with Crippen LogP contribution in [0.15, 0.2) is 18.2 Å². The van der Waals surface area contributed by atoms with Gasteiger partial charge in [-0.05, 0) is 37.8 Å². The van der Waals surface area contributed by atoms with E-state index in [9.17, 15) is 9.90 Å². The van der Waals surface area contributed by atoms with Crippen LogP contribution in [-0.2, 0) is 0 Å². The number of carbonyl (C=O) groups is 1. The van der Waals surface area contributed by atoms with Crippen LogP contribution in [-0.4, -0.2) is 24.5 Å². The van der Waals surface area contributed by atoms with Crippen LogP contribution in [0.5, 0.6) is 5.75 Å². The van der Waals surface area contributed by atoms with Crippen molar-refractivity contribution in [3.8, 4) is 5.75 Å². The van der Waals surface area contributed by atoms with Crippen molar-refractivity contribution in [1.29, 1.82) is 0 Å². The van der Waals surface area contributed by atoms with Crippen LogP contribution in [0.2, 0.25) is 0 Å². The van der Waals surface area contributed by atoms with Gasteiger partial charge in [-0.25, -0.2) is 0 Å². The van der Waals surface area contributed by atoms with E-state index >= 15 is 0 Å². The van der Waals surface area contributed by atoms with Gasteiger partial charge in [0.1, 0.15) is 5.75 Å². The zero-order valence-electron chi connectivity index (χ0n) is 11.1. The number of hydrogen-bond donors (Lipinski definition) is 1. The Balaban J connectivity index is 2.08. The van der Waals surface area contributed by atoms with Gasteiger partial charge in [0, 0.05) is 25.3 Å². The molecule has 0 spiro atoms. The molecule has 18 heavy (non-hydrogen) atoms. The van der Waals surface area contributed by atoms with Gasteiger partial charge >= 0.3 is 0 Å². The van der Waals surface area contributed by atoms with Crippen molar-refractivity contribution in [2.75, 3.05) is 18.5 Å². The maximum Gasteiger partial charge on any atom is 0.163 e. The summed E-state index contributed by atoms with van der Waals surface area (Å²) in [6, 6.07) is 5.30. The summed E-state index contributed by atoms with van der Waals surface area (Å²) in [4.78, 5) is 13.4. The number of anilines is 1. The lowest BCUT2D eigenvalue weighted by molar-refractivity contribution is 0.101. The SMILES string of the molecule is CC(=O)c1ccc(N(C)CC2CCCC2)cc1O. The fraction of sp³-hybridized carbons (Fsp3) is 0.533. The Morgan fingerprint density at radius 2 is 2.06 bits per heavy atom. The van der Waals surface area contributed by atoms with Crippen molar-refractivity contribution in [3.05, 3.63) is 23.8 Å². The van der Waals surface area contributed by atoms with Crippen molar-refractivity contribution in [1.82, 2.24) is 0 Å². The Hall–Kier alpha value is -1.51. The molecule has 1 aromatic carbocycles. The number of ketones is 1. The normalized spacial score (nSPS) is 15.9. The summed E-state index contributed by atoms with van der Waals surface area (Å²) >= 11 is 0. The van der Waals surface area contributed by atoms with Crippen LogP contribution in [0, 0.1) is 5.92 Å². The topological polar surface area (TPSA) is 40.5 Å². The molecule has 1 aliphatic carbocycles. The molecular weight excluding hydrogens is 226 g/mol. The molecule has 3 heteroatoms. The second-order valence-corrected chi connectivity index (χ2v) is 5.29. The molecule has 3 nitrogen and oxygen atoms in total. The Bertz CT molecular complexity index is 436. The number of Topliss-reactive ketones (excluding diaryl/α,β-unsaturated/α-hetero) is 1. The molecule has 1 saturated carbocycles. The van der Waals surface area contributed by atoms with E-state index in [0.717, 1.165) is 18.2 Å². The first-order chi connectivity index (χ1) is 8.58. The van der Waals surface area contributed by atoms with Gasteiger partial charge in [-0.2, -0.15) is 0 Å². The van der Waals surface area contributed by atoms with Crippen LogP contribution in [0.1, 0.15) is 43.0 Å². The molecule has 1 N–H and O–H groups in total. The van der Waals surface area contributed by atoms with E-state index in [-0.39, 0.29) is 11.5 Å². The molecule has 98 valence electrons. The average Bonchev–Trinajstić information content (AvgIpc) is 2.81. The van der Waals surface area contributed by atoms with Crippen LogP contribution in [0.4, 0.5) is 5.69 Å². The number of nitrogens with zero attached hydrogens (tertiary/aromatic N) is 1. The lowest BCUT2D eigenvalue weighted by Crippen LogP contribution is -2.23. The van der Waals surface area contributed by atoms with Crippen molar-refractivity contribution in [3.63, 3.8) is 0 Å². The van der Waals surface area contributed by atoms with Crippen LogP contribution in [0.25, 0.3) is 0 Å². The molecule has 0 saturated heterocycles. The zero-order valence-corrected chi connectivity index (χ0v) is 11.1. The molecule has 1 aromatic rings. The minimum Gasteiger partial charge on any atom is -0.507 e. The van der Waals surface area contributed by atoms with Gasteiger partial charge in [-0.1, -0.05) is 12.8 Å². The van der Waals surface area contributed by atoms with Crippen LogP contribution >= 0.6 is 0 Å². The van der Waals surface area contributed by atoms with Crippen molar-refractivity contribution in [2.45, 2.75) is 32.6 Å². The Kier molecular flexibility index (Phi) is 3.90. The van der Waals surface area contributed by atoms with Gasteiger partial charge in [0.2, 0.25) is 0 Å². The van der Waals surface area contributed by atoms with Crippen LogP contribution < -0.4 is 4.90 Å². The first-order valence-corrected chi connectivity index (χ1v) is 6.63. The minimum absolute atomic E-state index is 0.0817. The number of hydrogen-bond acceptors (Lipinski definition) is 3. The molecule has 1 fully saturated rings. The summed E-state index contributed by atoms with van der Waals surface area (Å²) < 4.78 is 0. The summed E-state index contributed by atoms with van der Waals surface area (Å²) in [7, 11) is 2.04. The highest BCUT2D eigenvalue weighted by Gasteiger charge is 2.17. The molecule has 0 amide bonds. The predicted octanol–water partition coefficient (Wildman–Crippen LogP) is 3.22. The van der Waals surface area contributed by atoms with E-state index in [1.165, 1.54) is 32.6 Å². The van der Waals surface area contributed by atoms with Gasteiger partial charge in [0.25, 0.3) is 0 Å². The molecule has 0 atom stereocenters. The lowest BCUT2D eigenvalue weighted by Gasteiger charge is -2.23. The van der Waals surface area contributed by atoms with Gasteiger partial charge < -0.3 is 10.0 Å². The number of rotatable bonds is 4. The number of phenolic OH excluding ortho intramolecular Hbond substituents is 1. The molecule has 2 rings (SSSR count). The van der Waals surface area contributed by atoms with E-state index < -0.39 is 0 Å². The summed E-state index contributed by atoms with van der Waals surface area (Å²) in [5, 5.41) is 9.82. The van der Waals surface area contributed by atoms with Crippen molar-refractivity contribution < 1.29 is 9.90 Å². The Labute approximate surface area is 108 Å². The van der Waals surface area contributed by atoms with E-state index in [1.54, 1.807) is 12.1 Å². The molecule has 0 radical (unpaired) electrons. The minimum atomic E-state index is -0.0995. The third kappa shape index (κ3) is 2.84. The highest BCUT2D eigenvalue weighted by Crippen LogP contribution is 2.29. The van der Waals surface area contributed by atoms with E-state index in [0.29, 0.717) is 5.56 Å². The van der Waals surface area contributed by atoms with E-state index in [4.69, 9.17) is 0 Å². The number of phenols is 1. The summed E-state index contributed by atoms with van der Waals surface area (Å²) in [6.45, 7) is 2.50. The number of aromatic hydroxyl groups is 1. The molecule has 0 aliphatic heterocycles. The fourth-order valence-corrected chi connectivity index (χ4v) is 2.74. The third-order valence-electron chi connectivity index (χ3n) is 3.81. The Morgan fingerprint density at radius 1 is 1.39 bits per heavy atom. The largest absolute Gasteiger partial charge is 0.507 e. The Morgan fingerprint density at radius 3 is 2.61 bits per heavy atom. The maximum absolute atomic E-state index is 11.3. The van der Waals surface area contributed by atoms with Crippen molar-refractivity contribution in [2.24, 2.45) is 5.92 Å². The van der Waals surface area contributed by atoms with E-state index in [1.807, 2.05) is 13.1 Å².